The van der Waals surface area contributed by atoms with Gasteiger partial charge in [-0.25, -0.2) is 0 Å². The number of nitrogens with zero attached hydrogens (tertiary/aromatic N) is 1. The van der Waals surface area contributed by atoms with Gasteiger partial charge in [0.2, 0.25) is 5.91 Å². The van der Waals surface area contributed by atoms with Gasteiger partial charge in [0.25, 0.3) is 0 Å². The maximum atomic E-state index is 12.1. The molecule has 1 saturated heterocycles. The molecule has 0 aromatic carbocycles. The molecule has 3 fully saturated rings. The second kappa shape index (κ2) is 4.84. The molecule has 102 valence electrons. The van der Waals surface area contributed by atoms with Gasteiger partial charge < -0.3 is 4.90 Å². The minimum atomic E-state index is 0.303. The highest BCUT2D eigenvalue weighted by Gasteiger charge is 2.44. The van der Waals surface area contributed by atoms with Gasteiger partial charge in [-0.1, -0.05) is 13.8 Å². The Morgan fingerprint density at radius 1 is 1.22 bits per heavy atom. The Bertz CT molecular complexity index is 308. The van der Waals surface area contributed by atoms with Crippen LogP contribution in [0.3, 0.4) is 0 Å². The lowest BCUT2D eigenvalue weighted by Crippen LogP contribution is -2.42. The first-order chi connectivity index (χ1) is 8.65. The van der Waals surface area contributed by atoms with Gasteiger partial charge in [0.15, 0.2) is 0 Å². The van der Waals surface area contributed by atoms with Crippen molar-refractivity contribution in [2.45, 2.75) is 52.1 Å². The highest BCUT2D eigenvalue weighted by Crippen LogP contribution is 2.49. The number of nitrogens with one attached hydrogen (secondary N) is 1. The fourth-order valence-corrected chi connectivity index (χ4v) is 3.44. The Morgan fingerprint density at radius 3 is 2.33 bits per heavy atom. The van der Waals surface area contributed by atoms with Crippen molar-refractivity contribution in [1.82, 2.24) is 10.2 Å². The molecule has 1 unspecified atom stereocenters. The van der Waals surface area contributed by atoms with Crippen molar-refractivity contribution in [1.29, 1.82) is 0 Å². The van der Waals surface area contributed by atoms with E-state index in [0.717, 1.165) is 30.7 Å². The topological polar surface area (TPSA) is 32.3 Å². The van der Waals surface area contributed by atoms with Crippen molar-refractivity contribution in [3.63, 3.8) is 0 Å². The van der Waals surface area contributed by atoms with Gasteiger partial charge >= 0.3 is 0 Å². The maximum Gasteiger partial charge on any atom is 0.237 e. The van der Waals surface area contributed by atoms with E-state index in [9.17, 15) is 4.79 Å². The summed E-state index contributed by atoms with van der Waals surface area (Å²) in [4.78, 5) is 14.2. The van der Waals surface area contributed by atoms with E-state index in [1.165, 1.54) is 25.7 Å². The van der Waals surface area contributed by atoms with Crippen LogP contribution in [0.15, 0.2) is 0 Å². The maximum absolute atomic E-state index is 12.1. The Morgan fingerprint density at radius 2 is 1.83 bits per heavy atom. The Balaban J connectivity index is 1.62. The monoisotopic (exact) mass is 250 g/mol. The van der Waals surface area contributed by atoms with E-state index in [4.69, 9.17) is 0 Å². The fraction of sp³-hybridized carbons (Fsp3) is 0.933. The Kier molecular flexibility index (Phi) is 3.35. The van der Waals surface area contributed by atoms with Gasteiger partial charge in [-0.3, -0.25) is 10.1 Å². The third kappa shape index (κ3) is 2.71. The van der Waals surface area contributed by atoms with Gasteiger partial charge in [-0.05, 0) is 55.8 Å². The van der Waals surface area contributed by atoms with Gasteiger partial charge in [0, 0.05) is 6.54 Å². The molecular formula is C15H26N2O. The zero-order valence-corrected chi connectivity index (χ0v) is 11.7. The summed E-state index contributed by atoms with van der Waals surface area (Å²) in [5.74, 6) is 3.66. The fourth-order valence-electron chi connectivity index (χ4n) is 3.44. The van der Waals surface area contributed by atoms with Crippen LogP contribution in [0.25, 0.3) is 0 Å². The van der Waals surface area contributed by atoms with Crippen LogP contribution in [-0.2, 0) is 4.79 Å². The number of rotatable bonds is 6. The van der Waals surface area contributed by atoms with Crippen LogP contribution in [0.5, 0.6) is 0 Å². The lowest BCUT2D eigenvalue weighted by molar-refractivity contribution is -0.129. The van der Waals surface area contributed by atoms with E-state index in [2.05, 4.69) is 24.1 Å². The van der Waals surface area contributed by atoms with E-state index < -0.39 is 0 Å². The summed E-state index contributed by atoms with van der Waals surface area (Å²) >= 11 is 0. The van der Waals surface area contributed by atoms with E-state index in [1.807, 2.05) is 0 Å². The molecule has 1 heterocycles. The summed E-state index contributed by atoms with van der Waals surface area (Å²) < 4.78 is 0. The highest BCUT2D eigenvalue weighted by atomic mass is 16.2. The van der Waals surface area contributed by atoms with Crippen molar-refractivity contribution in [3.8, 4) is 0 Å². The number of hydrogen-bond donors (Lipinski definition) is 1. The average Bonchev–Trinajstić information content (AvgIpc) is 3.19. The lowest BCUT2D eigenvalue weighted by atomic mass is 9.96. The van der Waals surface area contributed by atoms with Gasteiger partial charge in [-0.15, -0.1) is 0 Å². The molecular weight excluding hydrogens is 224 g/mol. The van der Waals surface area contributed by atoms with Gasteiger partial charge in [-0.2, -0.15) is 0 Å². The molecule has 1 aliphatic heterocycles. The summed E-state index contributed by atoms with van der Waals surface area (Å²) in [6, 6.07) is 0. The first-order valence-corrected chi connectivity index (χ1v) is 7.68. The van der Waals surface area contributed by atoms with Crippen LogP contribution in [-0.4, -0.2) is 30.1 Å². The second-order valence-corrected chi connectivity index (χ2v) is 6.91. The molecule has 18 heavy (non-hydrogen) atoms. The predicted molar refractivity (Wildman–Crippen MR) is 71.9 cm³/mol. The van der Waals surface area contributed by atoms with E-state index in [0.29, 0.717) is 24.5 Å². The highest BCUT2D eigenvalue weighted by molar-refractivity contribution is 5.80. The molecule has 2 saturated carbocycles. The SMILES string of the molecule is CC(C)CC1NCC(=O)N1CC(C1CC1)C1CC1. The first kappa shape index (κ1) is 12.5. The molecule has 0 bridgehead atoms. The van der Waals surface area contributed by atoms with E-state index >= 15 is 0 Å². The summed E-state index contributed by atoms with van der Waals surface area (Å²) in [7, 11) is 0. The standard InChI is InChI=1S/C15H26N2O/c1-10(2)7-14-16-8-15(18)17(14)9-13(11-3-4-11)12-5-6-12/h10-14,16H,3-9H2,1-2H3. The number of carbonyl (C=O) groups is 1. The summed E-state index contributed by atoms with van der Waals surface area (Å²) in [5, 5.41) is 3.39. The van der Waals surface area contributed by atoms with Crippen molar-refractivity contribution in [2.75, 3.05) is 13.1 Å². The smallest absolute Gasteiger partial charge is 0.237 e. The van der Waals surface area contributed by atoms with Crippen molar-refractivity contribution in [2.24, 2.45) is 23.7 Å². The van der Waals surface area contributed by atoms with Crippen LogP contribution >= 0.6 is 0 Å². The molecule has 0 spiro atoms. The molecule has 2 aliphatic carbocycles. The predicted octanol–water partition coefficient (Wildman–Crippen LogP) is 2.23. The van der Waals surface area contributed by atoms with Crippen LogP contribution in [0.2, 0.25) is 0 Å². The minimum absolute atomic E-state index is 0.303. The van der Waals surface area contributed by atoms with Gasteiger partial charge in [0.05, 0.1) is 12.7 Å². The van der Waals surface area contributed by atoms with Crippen LogP contribution in [0.4, 0.5) is 0 Å². The molecule has 3 heteroatoms. The van der Waals surface area contributed by atoms with E-state index in [-0.39, 0.29) is 0 Å². The third-order valence-electron chi connectivity index (χ3n) is 4.74. The summed E-state index contributed by atoms with van der Waals surface area (Å²) in [6.45, 7) is 6.06. The zero-order valence-electron chi connectivity index (χ0n) is 11.7. The molecule has 0 aromatic rings. The first-order valence-electron chi connectivity index (χ1n) is 7.68. The van der Waals surface area contributed by atoms with Crippen LogP contribution in [0, 0.1) is 23.7 Å². The Hall–Kier alpha value is -0.570. The van der Waals surface area contributed by atoms with E-state index in [1.54, 1.807) is 0 Å². The third-order valence-corrected chi connectivity index (χ3v) is 4.74. The van der Waals surface area contributed by atoms with Crippen molar-refractivity contribution >= 4 is 5.91 Å². The van der Waals surface area contributed by atoms with Crippen LogP contribution < -0.4 is 5.32 Å². The molecule has 3 aliphatic rings. The number of carbonyl (C=O) groups excluding carboxylic acids is 1. The zero-order chi connectivity index (χ0) is 12.7. The number of hydrogen-bond acceptors (Lipinski definition) is 2. The summed E-state index contributed by atoms with van der Waals surface area (Å²) in [6.07, 6.45) is 7.03. The van der Waals surface area contributed by atoms with Crippen LogP contribution in [0.1, 0.15) is 46.0 Å². The molecule has 1 atom stereocenters. The molecule has 3 nitrogen and oxygen atoms in total. The van der Waals surface area contributed by atoms with Crippen molar-refractivity contribution in [3.05, 3.63) is 0 Å². The van der Waals surface area contributed by atoms with Gasteiger partial charge in [0.1, 0.15) is 0 Å². The Labute approximate surface area is 110 Å². The molecule has 1 amide bonds. The lowest BCUT2D eigenvalue weighted by Gasteiger charge is -2.30. The quantitative estimate of drug-likeness (QED) is 0.784. The minimum Gasteiger partial charge on any atom is -0.326 e. The molecule has 3 rings (SSSR count). The largest absolute Gasteiger partial charge is 0.326 e. The summed E-state index contributed by atoms with van der Waals surface area (Å²) in [5.41, 5.74) is 0. The average molecular weight is 250 g/mol. The normalized spacial score (nSPS) is 28.8. The molecule has 0 aromatic heterocycles. The second-order valence-electron chi connectivity index (χ2n) is 6.91. The molecule has 0 radical (unpaired) electrons. The molecule has 1 N–H and O–H groups in total. The number of amides is 1. The van der Waals surface area contributed by atoms with Crippen molar-refractivity contribution < 1.29 is 4.79 Å².